The summed E-state index contributed by atoms with van der Waals surface area (Å²) < 4.78 is 12.9. The number of rotatable bonds is 2. The minimum Gasteiger partial charge on any atom is -0.398 e. The quantitative estimate of drug-likeness (QED) is 0.626. The van der Waals surface area contributed by atoms with Crippen molar-refractivity contribution in [2.75, 3.05) is 12.8 Å². The maximum Gasteiger partial charge on any atom is 0.129 e. The second kappa shape index (κ2) is 3.34. The molecule has 60 valence electrons. The first kappa shape index (κ1) is 8.01. The summed E-state index contributed by atoms with van der Waals surface area (Å²) in [5.74, 6) is -0.251. The molecule has 3 N–H and O–H groups in total. The van der Waals surface area contributed by atoms with Crippen LogP contribution < -0.4 is 11.1 Å². The van der Waals surface area contributed by atoms with Crippen LogP contribution in [-0.4, -0.2) is 7.05 Å². The molecular formula is C8H11FN2. The molecule has 0 aliphatic carbocycles. The molecule has 0 amide bonds. The van der Waals surface area contributed by atoms with E-state index in [1.807, 2.05) is 0 Å². The van der Waals surface area contributed by atoms with Gasteiger partial charge < -0.3 is 11.1 Å². The smallest absolute Gasteiger partial charge is 0.129 e. The summed E-state index contributed by atoms with van der Waals surface area (Å²) >= 11 is 0. The van der Waals surface area contributed by atoms with Crippen LogP contribution >= 0.6 is 0 Å². The second-order valence-electron chi connectivity index (χ2n) is 2.34. The van der Waals surface area contributed by atoms with Crippen molar-refractivity contribution in [3.05, 3.63) is 29.6 Å². The van der Waals surface area contributed by atoms with Gasteiger partial charge in [-0.15, -0.1) is 0 Å². The predicted octanol–water partition coefficient (Wildman–Crippen LogP) is 1.13. The summed E-state index contributed by atoms with van der Waals surface area (Å²) in [5, 5.41) is 2.85. The van der Waals surface area contributed by atoms with E-state index in [1.54, 1.807) is 19.2 Å². The zero-order valence-corrected chi connectivity index (χ0v) is 6.39. The van der Waals surface area contributed by atoms with Crippen molar-refractivity contribution in [2.45, 2.75) is 6.54 Å². The van der Waals surface area contributed by atoms with Gasteiger partial charge in [-0.3, -0.25) is 0 Å². The zero-order chi connectivity index (χ0) is 8.27. The number of nitrogen functional groups attached to an aromatic ring is 1. The molecule has 0 fully saturated rings. The van der Waals surface area contributed by atoms with Gasteiger partial charge in [-0.05, 0) is 19.2 Å². The number of nitrogens with two attached hydrogens (primary N) is 1. The minimum absolute atomic E-state index is 0.251. The Morgan fingerprint density at radius 1 is 1.55 bits per heavy atom. The Kier molecular flexibility index (Phi) is 2.44. The first-order valence-corrected chi connectivity index (χ1v) is 3.43. The molecule has 0 saturated heterocycles. The first-order valence-electron chi connectivity index (χ1n) is 3.43. The van der Waals surface area contributed by atoms with E-state index in [-0.39, 0.29) is 5.82 Å². The monoisotopic (exact) mass is 154 g/mol. The molecule has 0 aromatic heterocycles. The van der Waals surface area contributed by atoms with Gasteiger partial charge in [0.1, 0.15) is 5.82 Å². The average molecular weight is 154 g/mol. The van der Waals surface area contributed by atoms with Crippen LogP contribution in [0.25, 0.3) is 0 Å². The SMILES string of the molecule is CNCc1c(N)cccc1F. The Labute approximate surface area is 65.2 Å². The summed E-state index contributed by atoms with van der Waals surface area (Å²) in [6.07, 6.45) is 0. The largest absolute Gasteiger partial charge is 0.398 e. The van der Waals surface area contributed by atoms with Gasteiger partial charge in [-0.2, -0.15) is 0 Å². The number of halogens is 1. The van der Waals surface area contributed by atoms with Crippen LogP contribution in [0.2, 0.25) is 0 Å². The van der Waals surface area contributed by atoms with E-state index >= 15 is 0 Å². The molecule has 0 saturated carbocycles. The number of nitrogens with one attached hydrogen (secondary N) is 1. The van der Waals surface area contributed by atoms with Crippen molar-refractivity contribution in [1.29, 1.82) is 0 Å². The molecule has 3 heteroatoms. The van der Waals surface area contributed by atoms with Crippen molar-refractivity contribution in [2.24, 2.45) is 0 Å². The van der Waals surface area contributed by atoms with Crippen LogP contribution in [0.4, 0.5) is 10.1 Å². The Morgan fingerprint density at radius 2 is 2.27 bits per heavy atom. The lowest BCUT2D eigenvalue weighted by atomic mass is 10.1. The van der Waals surface area contributed by atoms with Crippen LogP contribution in [0.3, 0.4) is 0 Å². The maximum atomic E-state index is 12.9. The van der Waals surface area contributed by atoms with Gasteiger partial charge in [0.25, 0.3) is 0 Å². The molecule has 0 radical (unpaired) electrons. The molecule has 0 unspecified atom stereocenters. The average Bonchev–Trinajstić information content (AvgIpc) is 1.97. The number of anilines is 1. The topological polar surface area (TPSA) is 38.0 Å². The summed E-state index contributed by atoms with van der Waals surface area (Å²) in [5.41, 5.74) is 6.56. The Bertz CT molecular complexity index is 228. The van der Waals surface area contributed by atoms with Gasteiger partial charge in [0.15, 0.2) is 0 Å². The highest BCUT2D eigenvalue weighted by Crippen LogP contribution is 2.14. The van der Waals surface area contributed by atoms with Gasteiger partial charge in [0.2, 0.25) is 0 Å². The van der Waals surface area contributed by atoms with Gasteiger partial charge in [-0.1, -0.05) is 6.07 Å². The Balaban J connectivity index is 3.00. The molecule has 0 spiro atoms. The van der Waals surface area contributed by atoms with E-state index in [0.29, 0.717) is 17.8 Å². The second-order valence-corrected chi connectivity index (χ2v) is 2.34. The zero-order valence-electron chi connectivity index (χ0n) is 6.39. The number of hydrogen-bond acceptors (Lipinski definition) is 2. The van der Waals surface area contributed by atoms with E-state index in [2.05, 4.69) is 5.32 Å². The number of benzene rings is 1. The van der Waals surface area contributed by atoms with Crippen LogP contribution in [0.1, 0.15) is 5.56 Å². The van der Waals surface area contributed by atoms with Crippen LogP contribution in [0.15, 0.2) is 18.2 Å². The lowest BCUT2D eigenvalue weighted by Crippen LogP contribution is -2.09. The van der Waals surface area contributed by atoms with Gasteiger partial charge in [0.05, 0.1) is 0 Å². The normalized spacial score (nSPS) is 10.0. The first-order chi connectivity index (χ1) is 5.25. The molecule has 2 nitrogen and oxygen atoms in total. The molecule has 0 atom stereocenters. The van der Waals surface area contributed by atoms with Crippen LogP contribution in [-0.2, 0) is 6.54 Å². The molecular weight excluding hydrogens is 143 g/mol. The maximum absolute atomic E-state index is 12.9. The van der Waals surface area contributed by atoms with Crippen molar-refractivity contribution in [3.8, 4) is 0 Å². The highest BCUT2D eigenvalue weighted by molar-refractivity contribution is 5.47. The molecule has 1 aromatic carbocycles. The van der Waals surface area contributed by atoms with E-state index < -0.39 is 0 Å². The van der Waals surface area contributed by atoms with Crippen LogP contribution in [0.5, 0.6) is 0 Å². The fourth-order valence-corrected chi connectivity index (χ4v) is 0.939. The third-order valence-corrected chi connectivity index (χ3v) is 1.51. The molecule has 11 heavy (non-hydrogen) atoms. The highest BCUT2D eigenvalue weighted by Gasteiger charge is 2.02. The molecule has 1 aromatic rings. The fourth-order valence-electron chi connectivity index (χ4n) is 0.939. The van der Waals surface area contributed by atoms with Crippen molar-refractivity contribution in [1.82, 2.24) is 5.32 Å². The lowest BCUT2D eigenvalue weighted by molar-refractivity contribution is 0.602. The highest BCUT2D eigenvalue weighted by atomic mass is 19.1. The third kappa shape index (κ3) is 1.68. The van der Waals surface area contributed by atoms with Crippen molar-refractivity contribution >= 4 is 5.69 Å². The summed E-state index contributed by atoms with van der Waals surface area (Å²) in [4.78, 5) is 0. The standard InChI is InChI=1S/C8H11FN2/c1-11-5-6-7(9)3-2-4-8(6)10/h2-4,11H,5,10H2,1H3. The van der Waals surface area contributed by atoms with E-state index in [1.165, 1.54) is 6.07 Å². The van der Waals surface area contributed by atoms with E-state index in [9.17, 15) is 4.39 Å². The molecule has 1 rings (SSSR count). The van der Waals surface area contributed by atoms with Crippen molar-refractivity contribution in [3.63, 3.8) is 0 Å². The number of hydrogen-bond donors (Lipinski definition) is 2. The summed E-state index contributed by atoms with van der Waals surface area (Å²) in [7, 11) is 1.76. The summed E-state index contributed by atoms with van der Waals surface area (Å²) in [6.45, 7) is 0.471. The molecule has 0 aliphatic rings. The molecule has 0 heterocycles. The lowest BCUT2D eigenvalue weighted by Gasteiger charge is -2.04. The molecule has 0 bridgehead atoms. The van der Waals surface area contributed by atoms with Crippen LogP contribution in [0, 0.1) is 5.82 Å². The van der Waals surface area contributed by atoms with Gasteiger partial charge in [0, 0.05) is 17.8 Å². The third-order valence-electron chi connectivity index (χ3n) is 1.51. The van der Waals surface area contributed by atoms with Crippen molar-refractivity contribution < 1.29 is 4.39 Å². The predicted molar refractivity (Wildman–Crippen MR) is 43.6 cm³/mol. The van der Waals surface area contributed by atoms with Gasteiger partial charge >= 0.3 is 0 Å². The summed E-state index contributed by atoms with van der Waals surface area (Å²) in [6, 6.07) is 4.70. The fraction of sp³-hybridized carbons (Fsp3) is 0.250. The Morgan fingerprint density at radius 3 is 2.82 bits per heavy atom. The molecule has 0 aliphatic heterocycles. The van der Waals surface area contributed by atoms with Gasteiger partial charge in [-0.25, -0.2) is 4.39 Å². The van der Waals surface area contributed by atoms with E-state index in [4.69, 9.17) is 5.73 Å². The Hall–Kier alpha value is -1.09. The minimum atomic E-state index is -0.251. The van der Waals surface area contributed by atoms with E-state index in [0.717, 1.165) is 0 Å².